The fraction of sp³-hybridized carbons (Fsp3) is 0.667. The molecular weight excluding hydrogens is 314 g/mol. The van der Waals surface area contributed by atoms with Gasteiger partial charge in [-0.15, -0.1) is 0 Å². The van der Waals surface area contributed by atoms with E-state index < -0.39 is 0 Å². The topological polar surface area (TPSA) is 48.4 Å². The molecule has 1 aromatic heterocycles. The Labute approximate surface area is 142 Å². The average molecular weight is 338 g/mol. The lowest BCUT2D eigenvalue weighted by atomic mass is 9.98. The monoisotopic (exact) mass is 337 g/mol. The number of pyridine rings is 1. The third kappa shape index (κ3) is 4.60. The molecule has 0 spiro atoms. The van der Waals surface area contributed by atoms with Crippen LogP contribution in [0.15, 0.2) is 12.3 Å². The molecule has 2 saturated carbocycles. The molecule has 0 aliphatic heterocycles. The van der Waals surface area contributed by atoms with Gasteiger partial charge in [0.05, 0.1) is 5.56 Å². The van der Waals surface area contributed by atoms with E-state index in [1.54, 1.807) is 6.07 Å². The van der Waals surface area contributed by atoms with Crippen molar-refractivity contribution in [2.75, 3.05) is 0 Å². The van der Waals surface area contributed by atoms with Crippen LogP contribution in [0.5, 0.6) is 5.88 Å². The van der Waals surface area contributed by atoms with E-state index in [-0.39, 0.29) is 18.2 Å². The second-order valence-corrected chi connectivity index (χ2v) is 6.96. The third-order valence-electron chi connectivity index (χ3n) is 4.70. The molecule has 0 bridgehead atoms. The molecule has 1 aromatic rings. The van der Waals surface area contributed by atoms with E-state index in [0.717, 1.165) is 38.5 Å². The van der Waals surface area contributed by atoms with E-state index in [1.165, 1.54) is 31.9 Å². The number of hydrogen-bond donors (Lipinski definition) is 0. The van der Waals surface area contributed by atoms with Gasteiger partial charge < -0.3 is 9.47 Å². The first-order valence-electron chi connectivity index (χ1n) is 8.75. The first-order valence-corrected chi connectivity index (χ1v) is 9.13. The highest BCUT2D eigenvalue weighted by Gasteiger charge is 2.21. The van der Waals surface area contributed by atoms with Gasteiger partial charge in [0, 0.05) is 6.20 Å². The smallest absolute Gasteiger partial charge is 0.340 e. The van der Waals surface area contributed by atoms with Gasteiger partial charge >= 0.3 is 5.97 Å². The van der Waals surface area contributed by atoms with Crippen LogP contribution in [0.4, 0.5) is 0 Å². The van der Waals surface area contributed by atoms with Gasteiger partial charge in [0.2, 0.25) is 5.88 Å². The zero-order valence-corrected chi connectivity index (χ0v) is 14.2. The summed E-state index contributed by atoms with van der Waals surface area (Å²) in [5, 5.41) is 0.383. The lowest BCUT2D eigenvalue weighted by molar-refractivity contribution is 0.0210. The van der Waals surface area contributed by atoms with E-state index in [1.807, 2.05) is 0 Å². The fourth-order valence-corrected chi connectivity index (χ4v) is 3.58. The molecule has 2 aliphatic rings. The van der Waals surface area contributed by atoms with Crippen molar-refractivity contribution in [1.82, 2.24) is 4.98 Å². The third-order valence-corrected chi connectivity index (χ3v) is 4.97. The van der Waals surface area contributed by atoms with Gasteiger partial charge in [-0.1, -0.05) is 24.4 Å². The Balaban J connectivity index is 1.60. The maximum Gasteiger partial charge on any atom is 0.340 e. The number of ether oxygens (including phenoxy) is 2. The molecule has 2 fully saturated rings. The number of carbonyl (C=O) groups is 1. The summed E-state index contributed by atoms with van der Waals surface area (Å²) in [6.45, 7) is 0. The number of halogens is 1. The maximum atomic E-state index is 12.2. The molecule has 1 heterocycles. The summed E-state index contributed by atoms with van der Waals surface area (Å²) in [4.78, 5) is 16.4. The zero-order valence-electron chi connectivity index (χ0n) is 13.4. The fourth-order valence-electron chi connectivity index (χ4n) is 3.37. The molecule has 0 aromatic carbocycles. The van der Waals surface area contributed by atoms with Crippen molar-refractivity contribution in [3.63, 3.8) is 0 Å². The molecule has 0 saturated heterocycles. The molecule has 0 radical (unpaired) electrons. The van der Waals surface area contributed by atoms with Crippen LogP contribution in [-0.2, 0) is 4.74 Å². The van der Waals surface area contributed by atoms with Crippen molar-refractivity contribution in [1.29, 1.82) is 0 Å². The van der Waals surface area contributed by atoms with Crippen LogP contribution in [0.2, 0.25) is 5.02 Å². The van der Waals surface area contributed by atoms with Crippen molar-refractivity contribution < 1.29 is 14.3 Å². The standard InChI is InChI=1S/C18H24ClNO3/c19-16-11-13(18(21)23-15-9-5-2-6-10-15)12-20-17(16)22-14-7-3-1-4-8-14/h11-12,14-15H,1-10H2. The van der Waals surface area contributed by atoms with Crippen molar-refractivity contribution in [3.8, 4) is 5.88 Å². The van der Waals surface area contributed by atoms with E-state index in [2.05, 4.69) is 4.98 Å². The number of rotatable bonds is 4. The molecule has 126 valence electrons. The van der Waals surface area contributed by atoms with Crippen LogP contribution >= 0.6 is 11.6 Å². The predicted octanol–water partition coefficient (Wildman–Crippen LogP) is 4.94. The second-order valence-electron chi connectivity index (χ2n) is 6.55. The predicted molar refractivity (Wildman–Crippen MR) is 89.0 cm³/mol. The molecule has 5 heteroatoms. The molecule has 23 heavy (non-hydrogen) atoms. The summed E-state index contributed by atoms with van der Waals surface area (Å²) in [5.41, 5.74) is 0.400. The zero-order chi connectivity index (χ0) is 16.1. The molecule has 0 unspecified atom stereocenters. The molecular formula is C18H24ClNO3. The van der Waals surface area contributed by atoms with Crippen molar-refractivity contribution in [2.24, 2.45) is 0 Å². The maximum absolute atomic E-state index is 12.2. The quantitative estimate of drug-likeness (QED) is 0.730. The van der Waals surface area contributed by atoms with Gasteiger partial charge in [-0.25, -0.2) is 9.78 Å². The minimum atomic E-state index is -0.337. The molecule has 0 amide bonds. The van der Waals surface area contributed by atoms with Gasteiger partial charge in [-0.2, -0.15) is 0 Å². The lowest BCUT2D eigenvalue weighted by Gasteiger charge is -2.23. The summed E-state index contributed by atoms with van der Waals surface area (Å²) in [6.07, 6.45) is 12.9. The van der Waals surface area contributed by atoms with Gasteiger partial charge in [0.15, 0.2) is 0 Å². The Morgan fingerprint density at radius 3 is 2.22 bits per heavy atom. The Morgan fingerprint density at radius 1 is 1.00 bits per heavy atom. The Kier molecular flexibility index (Phi) is 5.76. The summed E-state index contributed by atoms with van der Waals surface area (Å²) in [7, 11) is 0. The van der Waals surface area contributed by atoms with Gasteiger partial charge in [-0.05, 0) is 57.4 Å². The van der Waals surface area contributed by atoms with Gasteiger partial charge in [0.25, 0.3) is 0 Å². The van der Waals surface area contributed by atoms with Crippen molar-refractivity contribution in [2.45, 2.75) is 76.4 Å². The molecule has 3 rings (SSSR count). The minimum absolute atomic E-state index is 0.0354. The van der Waals surface area contributed by atoms with E-state index in [9.17, 15) is 4.79 Å². The molecule has 2 aliphatic carbocycles. The summed E-state index contributed by atoms with van der Waals surface area (Å²) < 4.78 is 11.4. The summed E-state index contributed by atoms with van der Waals surface area (Å²) in [6, 6.07) is 1.61. The van der Waals surface area contributed by atoms with Crippen LogP contribution in [0.25, 0.3) is 0 Å². The van der Waals surface area contributed by atoms with Crippen LogP contribution < -0.4 is 4.74 Å². The first-order chi connectivity index (χ1) is 11.2. The van der Waals surface area contributed by atoms with Crippen molar-refractivity contribution in [3.05, 3.63) is 22.8 Å². The van der Waals surface area contributed by atoms with Crippen LogP contribution in [0, 0.1) is 0 Å². The highest BCUT2D eigenvalue weighted by Crippen LogP contribution is 2.28. The van der Waals surface area contributed by atoms with Crippen LogP contribution in [0.3, 0.4) is 0 Å². The van der Waals surface area contributed by atoms with E-state index >= 15 is 0 Å². The highest BCUT2D eigenvalue weighted by atomic mass is 35.5. The van der Waals surface area contributed by atoms with Gasteiger partial charge in [0.1, 0.15) is 17.2 Å². The normalized spacial score (nSPS) is 20.2. The number of esters is 1. The SMILES string of the molecule is O=C(OC1CCCCC1)c1cnc(OC2CCCCC2)c(Cl)c1. The molecule has 0 N–H and O–H groups in total. The highest BCUT2D eigenvalue weighted by molar-refractivity contribution is 6.32. The average Bonchev–Trinajstić information content (AvgIpc) is 2.58. The Bertz CT molecular complexity index is 537. The number of aromatic nitrogens is 1. The first kappa shape index (κ1) is 16.6. The second kappa shape index (κ2) is 8.00. The van der Waals surface area contributed by atoms with Gasteiger partial charge in [-0.3, -0.25) is 0 Å². The molecule has 0 atom stereocenters. The Morgan fingerprint density at radius 2 is 1.61 bits per heavy atom. The van der Waals surface area contributed by atoms with Crippen LogP contribution in [0.1, 0.15) is 74.6 Å². The summed E-state index contributed by atoms with van der Waals surface area (Å²) in [5.74, 6) is 0.0864. The van der Waals surface area contributed by atoms with E-state index in [0.29, 0.717) is 16.5 Å². The minimum Gasteiger partial charge on any atom is -0.473 e. The van der Waals surface area contributed by atoms with Crippen LogP contribution in [-0.4, -0.2) is 23.2 Å². The Hall–Kier alpha value is -1.29. The molecule has 4 nitrogen and oxygen atoms in total. The summed E-state index contributed by atoms with van der Waals surface area (Å²) >= 11 is 6.24. The lowest BCUT2D eigenvalue weighted by Crippen LogP contribution is -2.22. The number of carbonyl (C=O) groups excluding carboxylic acids is 1. The number of nitrogens with zero attached hydrogens (tertiary/aromatic N) is 1. The van der Waals surface area contributed by atoms with Crippen molar-refractivity contribution >= 4 is 17.6 Å². The number of hydrogen-bond acceptors (Lipinski definition) is 4. The van der Waals surface area contributed by atoms with E-state index in [4.69, 9.17) is 21.1 Å². The largest absolute Gasteiger partial charge is 0.473 e.